The molecule has 162 valence electrons. The largest absolute Gasteiger partial charge is 0.352 e. The normalized spacial score (nSPS) is 21.5. The maximum absolute atomic E-state index is 12.9. The minimum Gasteiger partial charge on any atom is -0.352 e. The van der Waals surface area contributed by atoms with E-state index in [1.807, 2.05) is 10.8 Å². The van der Waals surface area contributed by atoms with Crippen LogP contribution >= 0.6 is 11.6 Å². The van der Waals surface area contributed by atoms with Crippen LogP contribution in [0.3, 0.4) is 0 Å². The first-order chi connectivity index (χ1) is 14.2. The SMILES string of the molecule is CN(C)S(=O)(=O)N1CCC2(CC1)OC(C(=O)Nc1ccc(Cl)cc1)Cn1ccnc12. The Morgan fingerprint density at radius 3 is 2.57 bits per heavy atom. The van der Waals surface area contributed by atoms with Gasteiger partial charge in [0.25, 0.3) is 16.1 Å². The van der Waals surface area contributed by atoms with Crippen molar-refractivity contribution in [1.29, 1.82) is 0 Å². The lowest BCUT2D eigenvalue weighted by molar-refractivity contribution is -0.166. The molecular formula is C19H24ClN5O4S. The van der Waals surface area contributed by atoms with Gasteiger partial charge in [-0.15, -0.1) is 0 Å². The van der Waals surface area contributed by atoms with Crippen LogP contribution in [0.25, 0.3) is 0 Å². The molecule has 0 radical (unpaired) electrons. The number of carbonyl (C=O) groups excluding carboxylic acids is 1. The van der Waals surface area contributed by atoms with Gasteiger partial charge in [-0.05, 0) is 37.1 Å². The standard InChI is InChI=1S/C19H24ClN5O4S/c1-23(2)30(27,28)25-10-7-19(8-11-25)18-21-9-12-24(18)13-16(29-19)17(26)22-15-5-3-14(20)4-6-15/h3-6,9,12,16H,7-8,10-11,13H2,1-2H3,(H,22,26). The molecule has 1 aromatic heterocycles. The first-order valence-corrected chi connectivity index (χ1v) is 11.4. The number of nitrogens with one attached hydrogen (secondary N) is 1. The average Bonchev–Trinajstić information content (AvgIpc) is 3.20. The molecule has 1 fully saturated rings. The van der Waals surface area contributed by atoms with Gasteiger partial charge in [0.1, 0.15) is 11.4 Å². The summed E-state index contributed by atoms with van der Waals surface area (Å²) in [5.41, 5.74) is -0.174. The molecule has 2 aromatic rings. The van der Waals surface area contributed by atoms with Gasteiger partial charge in [-0.2, -0.15) is 17.0 Å². The van der Waals surface area contributed by atoms with Crippen LogP contribution in [0.15, 0.2) is 36.7 Å². The van der Waals surface area contributed by atoms with Crippen molar-refractivity contribution in [2.45, 2.75) is 31.1 Å². The third kappa shape index (κ3) is 3.85. The van der Waals surface area contributed by atoms with Gasteiger partial charge in [-0.25, -0.2) is 4.98 Å². The van der Waals surface area contributed by atoms with Crippen molar-refractivity contribution >= 4 is 33.4 Å². The number of carbonyl (C=O) groups is 1. The van der Waals surface area contributed by atoms with Crippen molar-refractivity contribution in [2.24, 2.45) is 0 Å². The number of rotatable bonds is 4. The number of ether oxygens (including phenoxy) is 1. The summed E-state index contributed by atoms with van der Waals surface area (Å²) in [5.74, 6) is 0.472. The van der Waals surface area contributed by atoms with Crippen molar-refractivity contribution in [2.75, 3.05) is 32.5 Å². The second-order valence-corrected chi connectivity index (χ2v) is 10.3. The van der Waals surface area contributed by atoms with E-state index < -0.39 is 21.9 Å². The molecule has 1 amide bonds. The summed E-state index contributed by atoms with van der Waals surface area (Å²) in [6, 6.07) is 6.86. The van der Waals surface area contributed by atoms with Crippen LogP contribution in [0.1, 0.15) is 18.7 Å². The predicted molar refractivity (Wildman–Crippen MR) is 112 cm³/mol. The van der Waals surface area contributed by atoms with Gasteiger partial charge in [0.2, 0.25) is 0 Å². The Balaban J connectivity index is 1.53. The second-order valence-electron chi connectivity index (χ2n) is 7.69. The molecule has 0 aliphatic carbocycles. The van der Waals surface area contributed by atoms with E-state index in [0.29, 0.717) is 43.2 Å². The van der Waals surface area contributed by atoms with Crippen molar-refractivity contribution in [3.05, 3.63) is 47.5 Å². The zero-order valence-electron chi connectivity index (χ0n) is 16.8. The zero-order valence-corrected chi connectivity index (χ0v) is 18.4. The van der Waals surface area contributed by atoms with Gasteiger partial charge >= 0.3 is 0 Å². The number of hydrogen-bond acceptors (Lipinski definition) is 5. The first-order valence-electron chi connectivity index (χ1n) is 9.65. The molecule has 30 heavy (non-hydrogen) atoms. The van der Waals surface area contributed by atoms with Crippen LogP contribution in [0.2, 0.25) is 5.02 Å². The Kier molecular flexibility index (Phi) is 5.62. The molecule has 2 aliphatic rings. The third-order valence-corrected chi connectivity index (χ3v) is 7.77. The molecule has 1 aromatic carbocycles. The highest BCUT2D eigenvalue weighted by atomic mass is 35.5. The third-order valence-electron chi connectivity index (χ3n) is 5.58. The molecule has 1 atom stereocenters. The van der Waals surface area contributed by atoms with E-state index in [2.05, 4.69) is 10.3 Å². The van der Waals surface area contributed by atoms with E-state index in [4.69, 9.17) is 16.3 Å². The van der Waals surface area contributed by atoms with Gasteiger partial charge < -0.3 is 14.6 Å². The maximum atomic E-state index is 12.9. The van der Waals surface area contributed by atoms with Crippen LogP contribution in [0, 0.1) is 0 Å². The molecule has 0 saturated carbocycles. The molecule has 3 heterocycles. The molecule has 0 bridgehead atoms. The molecule has 1 spiro atoms. The van der Waals surface area contributed by atoms with Gasteiger partial charge in [0.05, 0.1) is 6.54 Å². The molecule has 11 heteroatoms. The van der Waals surface area contributed by atoms with E-state index in [0.717, 1.165) is 5.82 Å². The van der Waals surface area contributed by atoms with Crippen LogP contribution < -0.4 is 5.32 Å². The summed E-state index contributed by atoms with van der Waals surface area (Å²) in [5, 5.41) is 3.45. The number of piperidine rings is 1. The lowest BCUT2D eigenvalue weighted by atomic mass is 9.89. The summed E-state index contributed by atoms with van der Waals surface area (Å²) in [6.07, 6.45) is 3.62. The van der Waals surface area contributed by atoms with Crippen molar-refractivity contribution in [3.8, 4) is 0 Å². The van der Waals surface area contributed by atoms with E-state index in [1.165, 1.54) is 22.7 Å². The smallest absolute Gasteiger partial charge is 0.281 e. The number of nitrogens with zero attached hydrogens (tertiary/aromatic N) is 4. The highest BCUT2D eigenvalue weighted by Crippen LogP contribution is 2.40. The summed E-state index contributed by atoms with van der Waals surface area (Å²) >= 11 is 5.90. The first kappa shape index (κ1) is 21.3. The average molecular weight is 454 g/mol. The molecular weight excluding hydrogens is 430 g/mol. The summed E-state index contributed by atoms with van der Waals surface area (Å²) in [6.45, 7) is 0.925. The monoisotopic (exact) mass is 453 g/mol. The molecule has 1 unspecified atom stereocenters. The molecule has 4 rings (SSSR count). The number of aromatic nitrogens is 2. The Labute approximate surface area is 180 Å². The zero-order chi connectivity index (χ0) is 21.5. The number of benzene rings is 1. The number of fused-ring (bicyclic) bond motifs is 2. The van der Waals surface area contributed by atoms with E-state index >= 15 is 0 Å². The van der Waals surface area contributed by atoms with Crippen LogP contribution in [-0.4, -0.2) is 65.8 Å². The number of anilines is 1. The van der Waals surface area contributed by atoms with Gasteiger partial charge in [-0.1, -0.05) is 11.6 Å². The van der Waals surface area contributed by atoms with Crippen molar-refractivity contribution in [3.63, 3.8) is 0 Å². The lowest BCUT2D eigenvalue weighted by Crippen LogP contribution is -2.55. The summed E-state index contributed by atoms with van der Waals surface area (Å²) < 4.78 is 35.8. The minimum absolute atomic E-state index is 0.264. The highest BCUT2D eigenvalue weighted by Gasteiger charge is 2.48. The van der Waals surface area contributed by atoms with Gasteiger partial charge in [-0.3, -0.25) is 4.79 Å². The minimum atomic E-state index is -3.50. The Hall–Kier alpha value is -1.98. The van der Waals surface area contributed by atoms with Crippen LogP contribution in [0.4, 0.5) is 5.69 Å². The van der Waals surface area contributed by atoms with E-state index in [-0.39, 0.29) is 5.91 Å². The topological polar surface area (TPSA) is 96.8 Å². The fourth-order valence-electron chi connectivity index (χ4n) is 3.94. The number of amides is 1. The lowest BCUT2D eigenvalue weighted by Gasteiger charge is -2.45. The van der Waals surface area contributed by atoms with Crippen LogP contribution in [0.5, 0.6) is 0 Å². The van der Waals surface area contributed by atoms with E-state index in [9.17, 15) is 13.2 Å². The molecule has 1 N–H and O–H groups in total. The van der Waals surface area contributed by atoms with Gasteiger partial charge in [0.15, 0.2) is 6.10 Å². The fraction of sp³-hybridized carbons (Fsp3) is 0.474. The number of imidazole rings is 1. The van der Waals surface area contributed by atoms with Crippen molar-refractivity contribution in [1.82, 2.24) is 18.2 Å². The summed E-state index contributed by atoms with van der Waals surface area (Å²) in [4.78, 5) is 17.4. The number of halogens is 1. The Morgan fingerprint density at radius 1 is 1.27 bits per heavy atom. The Bertz CT molecular complexity index is 1030. The Morgan fingerprint density at radius 2 is 1.93 bits per heavy atom. The highest BCUT2D eigenvalue weighted by molar-refractivity contribution is 7.86. The predicted octanol–water partition coefficient (Wildman–Crippen LogP) is 1.67. The van der Waals surface area contributed by atoms with Gasteiger partial charge in [0, 0.05) is 50.3 Å². The maximum Gasteiger partial charge on any atom is 0.281 e. The quantitative estimate of drug-likeness (QED) is 0.759. The molecule has 1 saturated heterocycles. The molecule has 2 aliphatic heterocycles. The summed E-state index contributed by atoms with van der Waals surface area (Å²) in [7, 11) is -0.470. The van der Waals surface area contributed by atoms with Crippen LogP contribution in [-0.2, 0) is 31.9 Å². The number of hydrogen-bond donors (Lipinski definition) is 1. The van der Waals surface area contributed by atoms with E-state index in [1.54, 1.807) is 30.5 Å². The fourth-order valence-corrected chi connectivity index (χ4v) is 5.17. The molecule has 9 nitrogen and oxygen atoms in total. The van der Waals surface area contributed by atoms with Crippen molar-refractivity contribution < 1.29 is 17.9 Å². The second kappa shape index (κ2) is 7.93.